The fourth-order valence-corrected chi connectivity index (χ4v) is 2.67. The van der Waals surface area contributed by atoms with E-state index in [0.29, 0.717) is 12.0 Å². The van der Waals surface area contributed by atoms with Gasteiger partial charge in [-0.2, -0.15) is 5.26 Å². The molecule has 1 unspecified atom stereocenters. The first kappa shape index (κ1) is 15.6. The summed E-state index contributed by atoms with van der Waals surface area (Å²) in [6, 6.07) is 14.8. The van der Waals surface area contributed by atoms with Gasteiger partial charge in [0.2, 0.25) is 0 Å². The Balaban J connectivity index is 2.32. The molecule has 2 aromatic rings. The Hall–Kier alpha value is -1.83. The molecular weight excluding hydrogens is 330 g/mol. The molecule has 0 aliphatic heterocycles. The number of nitrogens with zero attached hydrogens (tertiary/aromatic N) is 1. The molecule has 0 fully saturated rings. The van der Waals surface area contributed by atoms with Crippen molar-refractivity contribution in [3.05, 3.63) is 63.6 Å². The number of benzene rings is 2. The fraction of sp³-hybridized carbons (Fsp3) is 0.235. The number of aliphatic hydroxyl groups is 1. The SMILES string of the molecule is COc1ccc(Br)cc1CC(C)(O)c1ccc(C#N)cc1. The highest BCUT2D eigenvalue weighted by Crippen LogP contribution is 2.31. The summed E-state index contributed by atoms with van der Waals surface area (Å²) in [6.07, 6.45) is 0.418. The second-order valence-electron chi connectivity index (χ2n) is 5.10. The average Bonchev–Trinajstić information content (AvgIpc) is 2.47. The van der Waals surface area contributed by atoms with Gasteiger partial charge in [-0.1, -0.05) is 28.1 Å². The molecule has 0 amide bonds. The van der Waals surface area contributed by atoms with E-state index >= 15 is 0 Å². The number of rotatable bonds is 4. The Morgan fingerprint density at radius 1 is 1.24 bits per heavy atom. The van der Waals surface area contributed by atoms with Gasteiger partial charge < -0.3 is 9.84 Å². The molecular formula is C17H16BrNO2. The van der Waals surface area contributed by atoms with Crippen LogP contribution < -0.4 is 4.74 Å². The summed E-state index contributed by atoms with van der Waals surface area (Å²) in [5, 5.41) is 19.6. The van der Waals surface area contributed by atoms with Crippen molar-refractivity contribution in [2.45, 2.75) is 18.9 Å². The monoisotopic (exact) mass is 345 g/mol. The third-order valence-corrected chi connectivity index (χ3v) is 3.91. The lowest BCUT2D eigenvalue weighted by molar-refractivity contribution is 0.0569. The van der Waals surface area contributed by atoms with Gasteiger partial charge in [-0.25, -0.2) is 0 Å². The van der Waals surface area contributed by atoms with Crippen LogP contribution in [0.3, 0.4) is 0 Å². The van der Waals surface area contributed by atoms with Gasteiger partial charge in [-0.05, 0) is 48.4 Å². The summed E-state index contributed by atoms with van der Waals surface area (Å²) in [5.41, 5.74) is 1.22. The molecule has 0 aliphatic carbocycles. The van der Waals surface area contributed by atoms with Crippen LogP contribution in [0, 0.1) is 11.3 Å². The van der Waals surface area contributed by atoms with Crippen LogP contribution in [0.4, 0.5) is 0 Å². The molecule has 108 valence electrons. The van der Waals surface area contributed by atoms with Crippen LogP contribution in [0.15, 0.2) is 46.9 Å². The van der Waals surface area contributed by atoms with Crippen molar-refractivity contribution >= 4 is 15.9 Å². The van der Waals surface area contributed by atoms with E-state index in [1.165, 1.54) is 0 Å². The van der Waals surface area contributed by atoms with Gasteiger partial charge in [0.15, 0.2) is 0 Å². The predicted octanol–water partition coefficient (Wildman–Crippen LogP) is 3.78. The van der Waals surface area contributed by atoms with E-state index in [1.54, 1.807) is 38.3 Å². The first-order valence-corrected chi connectivity index (χ1v) is 7.31. The van der Waals surface area contributed by atoms with Crippen molar-refractivity contribution in [3.8, 4) is 11.8 Å². The van der Waals surface area contributed by atoms with Gasteiger partial charge in [0.1, 0.15) is 5.75 Å². The Morgan fingerprint density at radius 2 is 1.90 bits per heavy atom. The highest BCUT2D eigenvalue weighted by atomic mass is 79.9. The summed E-state index contributed by atoms with van der Waals surface area (Å²) in [6.45, 7) is 1.76. The molecule has 0 aliphatic rings. The number of methoxy groups -OCH3 is 1. The number of nitriles is 1. The van der Waals surface area contributed by atoms with Crippen LogP contribution >= 0.6 is 15.9 Å². The zero-order valence-corrected chi connectivity index (χ0v) is 13.5. The number of hydrogen-bond donors (Lipinski definition) is 1. The predicted molar refractivity (Wildman–Crippen MR) is 85.1 cm³/mol. The number of halogens is 1. The Morgan fingerprint density at radius 3 is 2.48 bits per heavy atom. The number of ether oxygens (including phenoxy) is 1. The minimum atomic E-state index is -1.04. The van der Waals surface area contributed by atoms with Gasteiger partial charge in [-0.15, -0.1) is 0 Å². The van der Waals surface area contributed by atoms with Crippen molar-refractivity contribution < 1.29 is 9.84 Å². The van der Waals surface area contributed by atoms with Crippen molar-refractivity contribution in [2.24, 2.45) is 0 Å². The van der Waals surface area contributed by atoms with Crippen LogP contribution in [-0.2, 0) is 12.0 Å². The Bertz CT molecular complexity index is 672. The lowest BCUT2D eigenvalue weighted by atomic mass is 9.88. The molecule has 1 atom stereocenters. The van der Waals surface area contributed by atoms with Crippen LogP contribution in [0.25, 0.3) is 0 Å². The summed E-state index contributed by atoms with van der Waals surface area (Å²) in [4.78, 5) is 0. The molecule has 21 heavy (non-hydrogen) atoms. The van der Waals surface area contributed by atoms with Gasteiger partial charge >= 0.3 is 0 Å². The molecule has 1 N–H and O–H groups in total. The van der Waals surface area contributed by atoms with Gasteiger partial charge in [0, 0.05) is 10.9 Å². The lowest BCUT2D eigenvalue weighted by Crippen LogP contribution is -2.24. The Labute approximate surface area is 132 Å². The highest BCUT2D eigenvalue weighted by molar-refractivity contribution is 9.10. The molecule has 0 heterocycles. The standard InChI is InChI=1S/C17H16BrNO2/c1-17(20,14-5-3-12(11-19)4-6-14)10-13-9-15(18)7-8-16(13)21-2/h3-9,20H,10H2,1-2H3. The first-order chi connectivity index (χ1) is 9.96. The third kappa shape index (κ3) is 3.63. The second kappa shape index (κ2) is 6.30. The normalized spacial score (nSPS) is 13.3. The number of hydrogen-bond acceptors (Lipinski definition) is 3. The lowest BCUT2D eigenvalue weighted by Gasteiger charge is -2.25. The van der Waals surface area contributed by atoms with E-state index in [9.17, 15) is 5.11 Å². The fourth-order valence-electron chi connectivity index (χ4n) is 2.26. The van der Waals surface area contributed by atoms with Gasteiger partial charge in [0.25, 0.3) is 0 Å². The largest absolute Gasteiger partial charge is 0.496 e. The molecule has 0 radical (unpaired) electrons. The van der Waals surface area contributed by atoms with Crippen molar-refractivity contribution in [2.75, 3.05) is 7.11 Å². The van der Waals surface area contributed by atoms with E-state index in [2.05, 4.69) is 22.0 Å². The van der Waals surface area contributed by atoms with Crippen LogP contribution in [0.5, 0.6) is 5.75 Å². The van der Waals surface area contributed by atoms with E-state index in [-0.39, 0.29) is 0 Å². The molecule has 2 aromatic carbocycles. The minimum absolute atomic E-state index is 0.418. The molecule has 0 aromatic heterocycles. The second-order valence-corrected chi connectivity index (χ2v) is 6.01. The van der Waals surface area contributed by atoms with E-state index in [0.717, 1.165) is 21.3 Å². The van der Waals surface area contributed by atoms with Gasteiger partial charge in [-0.3, -0.25) is 0 Å². The summed E-state index contributed by atoms with van der Waals surface area (Å²) >= 11 is 3.43. The van der Waals surface area contributed by atoms with Gasteiger partial charge in [0.05, 0.1) is 24.3 Å². The van der Waals surface area contributed by atoms with E-state index in [1.807, 2.05) is 18.2 Å². The molecule has 0 saturated carbocycles. The molecule has 2 rings (SSSR count). The topological polar surface area (TPSA) is 53.2 Å². The molecule has 4 heteroatoms. The van der Waals surface area contributed by atoms with Crippen molar-refractivity contribution in [3.63, 3.8) is 0 Å². The molecule has 0 spiro atoms. The summed E-state index contributed by atoms with van der Waals surface area (Å²) < 4.78 is 6.28. The third-order valence-electron chi connectivity index (χ3n) is 3.41. The summed E-state index contributed by atoms with van der Waals surface area (Å²) in [7, 11) is 1.61. The minimum Gasteiger partial charge on any atom is -0.496 e. The van der Waals surface area contributed by atoms with Crippen LogP contribution in [0.1, 0.15) is 23.6 Å². The maximum atomic E-state index is 10.8. The Kier molecular flexibility index (Phi) is 4.66. The molecule has 0 bridgehead atoms. The quantitative estimate of drug-likeness (QED) is 0.917. The maximum Gasteiger partial charge on any atom is 0.122 e. The zero-order valence-electron chi connectivity index (χ0n) is 11.9. The maximum absolute atomic E-state index is 10.8. The van der Waals surface area contributed by atoms with E-state index < -0.39 is 5.60 Å². The zero-order chi connectivity index (χ0) is 15.5. The average molecular weight is 346 g/mol. The van der Waals surface area contributed by atoms with E-state index in [4.69, 9.17) is 10.00 Å². The highest BCUT2D eigenvalue weighted by Gasteiger charge is 2.25. The first-order valence-electron chi connectivity index (χ1n) is 6.52. The van der Waals surface area contributed by atoms with Crippen LogP contribution in [0.2, 0.25) is 0 Å². The van der Waals surface area contributed by atoms with Crippen LogP contribution in [-0.4, -0.2) is 12.2 Å². The smallest absolute Gasteiger partial charge is 0.122 e. The van der Waals surface area contributed by atoms with Crippen molar-refractivity contribution in [1.29, 1.82) is 5.26 Å². The van der Waals surface area contributed by atoms with Crippen molar-refractivity contribution in [1.82, 2.24) is 0 Å². The summed E-state index contributed by atoms with van der Waals surface area (Å²) in [5.74, 6) is 0.743. The molecule has 3 nitrogen and oxygen atoms in total. The molecule has 0 saturated heterocycles.